The highest BCUT2D eigenvalue weighted by molar-refractivity contribution is 8.18. The van der Waals surface area contributed by atoms with Gasteiger partial charge in [-0.25, -0.2) is 4.99 Å². The Kier molecular flexibility index (Phi) is 5.17. The number of benzene rings is 2. The van der Waals surface area contributed by atoms with Crippen LogP contribution in [0.25, 0.3) is 6.08 Å². The fourth-order valence-electron chi connectivity index (χ4n) is 2.12. The zero-order chi connectivity index (χ0) is 18.8. The lowest BCUT2D eigenvalue weighted by atomic mass is 10.1. The van der Waals surface area contributed by atoms with Gasteiger partial charge in [-0.3, -0.25) is 14.9 Å². The van der Waals surface area contributed by atoms with E-state index in [0.717, 1.165) is 11.8 Å². The Morgan fingerprint density at radius 3 is 2.69 bits per heavy atom. The maximum Gasteiger partial charge on any atom is 0.311 e. The molecule has 2 N–H and O–H groups in total. The molecule has 10 heteroatoms. The van der Waals surface area contributed by atoms with Gasteiger partial charge >= 0.3 is 5.69 Å². The average molecular weight is 410 g/mol. The van der Waals surface area contributed by atoms with E-state index in [2.05, 4.69) is 10.3 Å². The molecule has 2 aromatic rings. The minimum absolute atomic E-state index is 0.152. The van der Waals surface area contributed by atoms with Crippen LogP contribution in [0.3, 0.4) is 0 Å². The number of thioether (sulfide) groups is 1. The molecule has 0 atom stereocenters. The van der Waals surface area contributed by atoms with Gasteiger partial charge < -0.3 is 10.4 Å². The van der Waals surface area contributed by atoms with Gasteiger partial charge in [0.1, 0.15) is 0 Å². The Bertz CT molecular complexity index is 991. The molecular formula is C16H9Cl2N3O4S. The number of amides is 1. The number of nitrogens with zero attached hydrogens (tertiary/aromatic N) is 2. The lowest BCUT2D eigenvalue weighted by Crippen LogP contribution is -2.19. The van der Waals surface area contributed by atoms with E-state index in [0.29, 0.717) is 10.7 Å². The molecule has 1 aliphatic rings. The van der Waals surface area contributed by atoms with Crippen molar-refractivity contribution >= 4 is 63.5 Å². The molecular weight excluding hydrogens is 401 g/mol. The van der Waals surface area contributed by atoms with E-state index in [1.165, 1.54) is 24.3 Å². The second-order valence-corrected chi connectivity index (χ2v) is 6.84. The Hall–Kier alpha value is -2.55. The first-order valence-corrected chi connectivity index (χ1v) is 8.64. The van der Waals surface area contributed by atoms with E-state index < -0.39 is 22.3 Å². The van der Waals surface area contributed by atoms with Crippen molar-refractivity contribution < 1.29 is 14.8 Å². The number of phenolic OH excluding ortho intramolecular Hbond substituents is 1. The van der Waals surface area contributed by atoms with E-state index in [-0.39, 0.29) is 20.7 Å². The normalized spacial score (nSPS) is 16.9. The van der Waals surface area contributed by atoms with Crippen LogP contribution in [0.4, 0.5) is 11.4 Å². The molecule has 0 unspecified atom stereocenters. The Labute approximate surface area is 161 Å². The number of nitro groups is 1. The first kappa shape index (κ1) is 18.2. The summed E-state index contributed by atoms with van der Waals surface area (Å²) < 4.78 is 0. The molecule has 0 aliphatic carbocycles. The van der Waals surface area contributed by atoms with Gasteiger partial charge in [-0.15, -0.1) is 0 Å². The summed E-state index contributed by atoms with van der Waals surface area (Å²) in [7, 11) is 0. The van der Waals surface area contributed by atoms with E-state index in [4.69, 9.17) is 23.2 Å². The predicted octanol–water partition coefficient (Wildman–Crippen LogP) is 4.50. The minimum atomic E-state index is -0.701. The number of phenols is 1. The molecule has 0 radical (unpaired) electrons. The molecule has 0 saturated carbocycles. The van der Waals surface area contributed by atoms with Crippen molar-refractivity contribution in [3.05, 3.63) is 67.0 Å². The van der Waals surface area contributed by atoms with Crippen LogP contribution in [0.2, 0.25) is 10.0 Å². The maximum absolute atomic E-state index is 12.1. The number of para-hydroxylation sites is 1. The second-order valence-electron chi connectivity index (χ2n) is 5.03. The largest absolute Gasteiger partial charge is 0.502 e. The van der Waals surface area contributed by atoms with Gasteiger partial charge in [0.15, 0.2) is 5.17 Å². The number of amidine groups is 1. The summed E-state index contributed by atoms with van der Waals surface area (Å²) in [6.45, 7) is 0. The van der Waals surface area contributed by atoms with Crippen LogP contribution in [0.5, 0.6) is 5.75 Å². The number of hydrogen-bond acceptors (Lipinski definition) is 6. The summed E-state index contributed by atoms with van der Waals surface area (Å²) in [6.07, 6.45) is 1.35. The Morgan fingerprint density at radius 2 is 1.96 bits per heavy atom. The molecule has 1 aliphatic heterocycles. The van der Waals surface area contributed by atoms with Gasteiger partial charge in [0.2, 0.25) is 5.75 Å². The molecule has 2 aromatic carbocycles. The Balaban J connectivity index is 1.92. The number of hydrogen-bond donors (Lipinski definition) is 2. The molecule has 0 bridgehead atoms. The summed E-state index contributed by atoms with van der Waals surface area (Å²) in [6, 6.07) is 8.99. The molecule has 7 nitrogen and oxygen atoms in total. The van der Waals surface area contributed by atoms with E-state index in [9.17, 15) is 20.0 Å². The lowest BCUT2D eigenvalue weighted by molar-refractivity contribution is -0.385. The van der Waals surface area contributed by atoms with Gasteiger partial charge in [-0.05, 0) is 30.0 Å². The first-order chi connectivity index (χ1) is 12.4. The van der Waals surface area contributed by atoms with E-state index in [1.54, 1.807) is 18.2 Å². The maximum atomic E-state index is 12.1. The molecule has 1 saturated heterocycles. The van der Waals surface area contributed by atoms with Crippen molar-refractivity contribution in [2.45, 2.75) is 0 Å². The smallest absolute Gasteiger partial charge is 0.311 e. The predicted molar refractivity (Wildman–Crippen MR) is 102 cm³/mol. The quantitative estimate of drug-likeness (QED) is 0.441. The van der Waals surface area contributed by atoms with Crippen molar-refractivity contribution in [3.63, 3.8) is 0 Å². The van der Waals surface area contributed by atoms with Gasteiger partial charge in [0.25, 0.3) is 5.91 Å². The summed E-state index contributed by atoms with van der Waals surface area (Å²) in [5, 5.41) is 24.3. The fraction of sp³-hybridized carbons (Fsp3) is 0. The van der Waals surface area contributed by atoms with E-state index >= 15 is 0 Å². The Morgan fingerprint density at radius 1 is 1.23 bits per heavy atom. The third-order valence-corrected chi connectivity index (χ3v) is 5.05. The summed E-state index contributed by atoms with van der Waals surface area (Å²) in [5.74, 6) is -0.959. The van der Waals surface area contributed by atoms with Crippen LogP contribution < -0.4 is 5.32 Å². The SMILES string of the molecule is O=C1NC(=Nc2cccc(Cl)c2Cl)S/C1=C/c1cccc([N+](=O)[O-])c1O. The molecule has 3 rings (SSSR count). The van der Waals surface area contributed by atoms with E-state index in [1.807, 2.05) is 0 Å². The zero-order valence-electron chi connectivity index (χ0n) is 12.8. The number of aromatic hydroxyl groups is 1. The molecule has 1 amide bonds. The number of halogens is 2. The highest BCUT2D eigenvalue weighted by Crippen LogP contribution is 2.36. The first-order valence-electron chi connectivity index (χ1n) is 7.07. The third kappa shape index (κ3) is 3.67. The minimum Gasteiger partial charge on any atom is -0.502 e. The summed E-state index contributed by atoms with van der Waals surface area (Å²) in [5.41, 5.74) is 0.0997. The average Bonchev–Trinajstić information content (AvgIpc) is 2.93. The number of nitro benzene ring substituents is 1. The van der Waals surface area contributed by atoms with Crippen molar-refractivity contribution in [1.29, 1.82) is 0 Å². The van der Waals surface area contributed by atoms with Crippen LogP contribution in [-0.2, 0) is 4.79 Å². The standard InChI is InChI=1S/C16H9Cl2N3O4S/c17-9-4-2-5-10(13(9)18)19-16-20-15(23)12(26-16)7-8-3-1-6-11(14(8)22)21(24)25/h1-7,22H,(H,19,20,23)/b12-7+. The monoisotopic (exact) mass is 409 g/mol. The van der Waals surface area contributed by atoms with Gasteiger partial charge in [0.05, 0.1) is 25.6 Å². The summed E-state index contributed by atoms with van der Waals surface area (Å²) >= 11 is 13.0. The fourth-order valence-corrected chi connectivity index (χ4v) is 3.29. The van der Waals surface area contributed by atoms with Crippen LogP contribution in [0.15, 0.2) is 46.3 Å². The van der Waals surface area contributed by atoms with Crippen LogP contribution in [-0.4, -0.2) is 21.1 Å². The number of nitrogens with one attached hydrogen (secondary N) is 1. The summed E-state index contributed by atoms with van der Waals surface area (Å²) in [4.78, 5) is 26.8. The van der Waals surface area contributed by atoms with Gasteiger partial charge in [0, 0.05) is 11.6 Å². The molecule has 0 aromatic heterocycles. The van der Waals surface area contributed by atoms with Crippen molar-refractivity contribution in [3.8, 4) is 5.75 Å². The zero-order valence-corrected chi connectivity index (χ0v) is 15.1. The van der Waals surface area contributed by atoms with Crippen LogP contribution in [0, 0.1) is 10.1 Å². The third-order valence-electron chi connectivity index (χ3n) is 3.33. The second kappa shape index (κ2) is 7.36. The van der Waals surface area contributed by atoms with Crippen molar-refractivity contribution in [2.24, 2.45) is 4.99 Å². The number of aliphatic imine (C=N–C) groups is 1. The highest BCUT2D eigenvalue weighted by Gasteiger charge is 2.25. The van der Waals surface area contributed by atoms with Gasteiger partial charge in [-0.2, -0.15) is 0 Å². The molecule has 132 valence electrons. The van der Waals surface area contributed by atoms with Crippen LogP contribution in [0.1, 0.15) is 5.56 Å². The molecule has 1 fully saturated rings. The lowest BCUT2D eigenvalue weighted by Gasteiger charge is -2.01. The number of carbonyl (C=O) groups is 1. The number of rotatable bonds is 3. The van der Waals surface area contributed by atoms with Gasteiger partial charge in [-0.1, -0.05) is 41.4 Å². The van der Waals surface area contributed by atoms with Crippen molar-refractivity contribution in [2.75, 3.05) is 0 Å². The van der Waals surface area contributed by atoms with Crippen molar-refractivity contribution in [1.82, 2.24) is 5.32 Å². The van der Waals surface area contributed by atoms with Crippen LogP contribution >= 0.6 is 35.0 Å². The molecule has 0 spiro atoms. The molecule has 26 heavy (non-hydrogen) atoms. The topological polar surface area (TPSA) is 105 Å². The number of carbonyl (C=O) groups excluding carboxylic acids is 1. The molecule has 1 heterocycles. The highest BCUT2D eigenvalue weighted by atomic mass is 35.5.